The topological polar surface area (TPSA) is 67.2 Å². The molecular formula is C16H29N3O2. The number of aliphatic hydroxyl groups is 1. The molecule has 1 rings (SSSR count). The van der Waals surface area contributed by atoms with Gasteiger partial charge in [-0.05, 0) is 44.6 Å². The quantitative estimate of drug-likeness (QED) is 0.770. The zero-order valence-electron chi connectivity index (χ0n) is 13.9. The predicted octanol–water partition coefficient (Wildman–Crippen LogP) is 1.96. The molecule has 2 N–H and O–H groups in total. The summed E-state index contributed by atoms with van der Waals surface area (Å²) in [4.78, 5) is 11.9. The van der Waals surface area contributed by atoms with E-state index >= 15 is 0 Å². The zero-order valence-corrected chi connectivity index (χ0v) is 13.9. The number of hydrogen-bond acceptors (Lipinski definition) is 3. The molecule has 0 spiro atoms. The smallest absolute Gasteiger partial charge is 0.220 e. The standard InChI is InChI=1S/C16H29N3O2/c1-12(2)8-9-16(4,21)11-17-15(20)7-6-14-10-18-19(5)13(14)3/h10,12,21H,6-9,11H2,1-5H3,(H,17,20). The first-order valence-corrected chi connectivity index (χ1v) is 7.68. The summed E-state index contributed by atoms with van der Waals surface area (Å²) < 4.78 is 1.81. The summed E-state index contributed by atoms with van der Waals surface area (Å²) in [5, 5.41) is 17.2. The van der Waals surface area contributed by atoms with Crippen LogP contribution in [0.4, 0.5) is 0 Å². The number of aromatic nitrogens is 2. The Balaban J connectivity index is 2.32. The number of carbonyl (C=O) groups is 1. The minimum absolute atomic E-state index is 0.0249. The molecule has 120 valence electrons. The lowest BCUT2D eigenvalue weighted by Crippen LogP contribution is -2.40. The SMILES string of the molecule is Cc1c(CCC(=O)NCC(C)(O)CCC(C)C)cnn1C. The molecule has 0 aliphatic carbocycles. The van der Waals surface area contributed by atoms with E-state index in [9.17, 15) is 9.90 Å². The van der Waals surface area contributed by atoms with Crippen LogP contribution < -0.4 is 5.32 Å². The Hall–Kier alpha value is -1.36. The lowest BCUT2D eigenvalue weighted by molar-refractivity contribution is -0.122. The fourth-order valence-corrected chi connectivity index (χ4v) is 2.10. The van der Waals surface area contributed by atoms with E-state index in [1.54, 1.807) is 13.1 Å². The molecule has 0 saturated carbocycles. The van der Waals surface area contributed by atoms with Gasteiger partial charge in [-0.3, -0.25) is 9.48 Å². The Bertz CT molecular complexity index is 464. The minimum Gasteiger partial charge on any atom is -0.388 e. The molecule has 0 saturated heterocycles. The number of amides is 1. The van der Waals surface area contributed by atoms with Crippen LogP contribution in [0, 0.1) is 12.8 Å². The third-order valence-electron chi connectivity index (χ3n) is 3.88. The number of hydrogen-bond donors (Lipinski definition) is 2. The average Bonchev–Trinajstić information content (AvgIpc) is 2.72. The first-order valence-electron chi connectivity index (χ1n) is 7.68. The van der Waals surface area contributed by atoms with Crippen LogP contribution in [-0.4, -0.2) is 32.9 Å². The van der Waals surface area contributed by atoms with Gasteiger partial charge in [-0.25, -0.2) is 0 Å². The molecule has 0 fully saturated rings. The number of rotatable bonds is 8. The molecule has 1 aromatic heterocycles. The molecule has 21 heavy (non-hydrogen) atoms. The van der Waals surface area contributed by atoms with E-state index in [4.69, 9.17) is 0 Å². The summed E-state index contributed by atoms with van der Waals surface area (Å²) in [5.74, 6) is 0.531. The first-order chi connectivity index (χ1) is 9.71. The number of nitrogens with zero attached hydrogens (tertiary/aromatic N) is 2. The molecule has 0 aliphatic heterocycles. The lowest BCUT2D eigenvalue weighted by atomic mass is 9.95. The van der Waals surface area contributed by atoms with Crippen molar-refractivity contribution in [2.45, 2.75) is 59.0 Å². The fraction of sp³-hybridized carbons (Fsp3) is 0.750. The Morgan fingerprint density at radius 3 is 2.71 bits per heavy atom. The second-order valence-corrected chi connectivity index (χ2v) is 6.59. The van der Waals surface area contributed by atoms with Gasteiger partial charge in [0.25, 0.3) is 0 Å². The van der Waals surface area contributed by atoms with Gasteiger partial charge in [0.15, 0.2) is 0 Å². The van der Waals surface area contributed by atoms with Gasteiger partial charge in [-0.1, -0.05) is 13.8 Å². The van der Waals surface area contributed by atoms with Crippen molar-refractivity contribution >= 4 is 5.91 Å². The molecule has 0 aromatic carbocycles. The van der Waals surface area contributed by atoms with Crippen molar-refractivity contribution in [2.75, 3.05) is 6.54 Å². The number of aryl methyl sites for hydroxylation is 2. The lowest BCUT2D eigenvalue weighted by Gasteiger charge is -2.24. The van der Waals surface area contributed by atoms with Crippen molar-refractivity contribution in [3.8, 4) is 0 Å². The molecule has 5 heteroatoms. The van der Waals surface area contributed by atoms with Crippen molar-refractivity contribution in [1.82, 2.24) is 15.1 Å². The highest BCUT2D eigenvalue weighted by atomic mass is 16.3. The monoisotopic (exact) mass is 295 g/mol. The molecule has 1 amide bonds. The number of carbonyl (C=O) groups excluding carboxylic acids is 1. The summed E-state index contributed by atoms with van der Waals surface area (Å²) in [5.41, 5.74) is 1.36. The average molecular weight is 295 g/mol. The van der Waals surface area contributed by atoms with Gasteiger partial charge in [0.1, 0.15) is 0 Å². The maximum atomic E-state index is 11.9. The van der Waals surface area contributed by atoms with Crippen LogP contribution in [0.1, 0.15) is 51.3 Å². The van der Waals surface area contributed by atoms with Crippen molar-refractivity contribution in [2.24, 2.45) is 13.0 Å². The third kappa shape index (κ3) is 6.29. The summed E-state index contributed by atoms with van der Waals surface area (Å²) in [7, 11) is 1.89. The highest BCUT2D eigenvalue weighted by Crippen LogP contribution is 2.15. The van der Waals surface area contributed by atoms with E-state index in [-0.39, 0.29) is 5.91 Å². The highest BCUT2D eigenvalue weighted by Gasteiger charge is 2.21. The summed E-state index contributed by atoms with van der Waals surface area (Å²) in [6.07, 6.45) is 4.57. The minimum atomic E-state index is -0.829. The van der Waals surface area contributed by atoms with E-state index in [1.807, 2.05) is 18.7 Å². The second kappa shape index (κ2) is 7.59. The molecular weight excluding hydrogens is 266 g/mol. The summed E-state index contributed by atoms with van der Waals surface area (Å²) in [6.45, 7) is 8.35. The van der Waals surface area contributed by atoms with E-state index < -0.39 is 5.60 Å². The Morgan fingerprint density at radius 1 is 1.52 bits per heavy atom. The molecule has 0 bridgehead atoms. The van der Waals surface area contributed by atoms with Gasteiger partial charge in [-0.15, -0.1) is 0 Å². The van der Waals surface area contributed by atoms with Crippen molar-refractivity contribution in [1.29, 1.82) is 0 Å². The van der Waals surface area contributed by atoms with Crippen LogP contribution in [0.15, 0.2) is 6.20 Å². The van der Waals surface area contributed by atoms with E-state index in [0.29, 0.717) is 31.7 Å². The van der Waals surface area contributed by atoms with Crippen LogP contribution in [0.25, 0.3) is 0 Å². The van der Waals surface area contributed by atoms with Crippen molar-refractivity contribution in [3.63, 3.8) is 0 Å². The molecule has 5 nitrogen and oxygen atoms in total. The molecule has 1 atom stereocenters. The van der Waals surface area contributed by atoms with E-state index in [0.717, 1.165) is 17.7 Å². The van der Waals surface area contributed by atoms with Gasteiger partial charge in [0.2, 0.25) is 5.91 Å². The predicted molar refractivity (Wildman–Crippen MR) is 84.0 cm³/mol. The van der Waals surface area contributed by atoms with E-state index in [1.165, 1.54) is 0 Å². The van der Waals surface area contributed by atoms with Gasteiger partial charge in [-0.2, -0.15) is 5.10 Å². The van der Waals surface area contributed by atoms with Gasteiger partial charge >= 0.3 is 0 Å². The maximum Gasteiger partial charge on any atom is 0.220 e. The second-order valence-electron chi connectivity index (χ2n) is 6.59. The zero-order chi connectivity index (χ0) is 16.0. The summed E-state index contributed by atoms with van der Waals surface area (Å²) in [6, 6.07) is 0. The van der Waals surface area contributed by atoms with Crippen molar-refractivity contribution in [3.05, 3.63) is 17.5 Å². The van der Waals surface area contributed by atoms with Gasteiger partial charge in [0.05, 0.1) is 11.8 Å². The van der Waals surface area contributed by atoms with Crippen LogP contribution in [0.3, 0.4) is 0 Å². The van der Waals surface area contributed by atoms with Crippen LogP contribution in [-0.2, 0) is 18.3 Å². The molecule has 0 aliphatic rings. The molecule has 1 aromatic rings. The molecule has 1 heterocycles. The van der Waals surface area contributed by atoms with Gasteiger partial charge < -0.3 is 10.4 Å². The Kier molecular flexibility index (Phi) is 6.40. The fourth-order valence-electron chi connectivity index (χ4n) is 2.10. The van der Waals surface area contributed by atoms with Crippen LogP contribution in [0.5, 0.6) is 0 Å². The number of nitrogens with one attached hydrogen (secondary N) is 1. The van der Waals surface area contributed by atoms with Crippen molar-refractivity contribution < 1.29 is 9.90 Å². The van der Waals surface area contributed by atoms with Crippen LogP contribution in [0.2, 0.25) is 0 Å². The summed E-state index contributed by atoms with van der Waals surface area (Å²) >= 11 is 0. The molecule has 1 unspecified atom stereocenters. The Morgan fingerprint density at radius 2 is 2.19 bits per heavy atom. The van der Waals surface area contributed by atoms with Gasteiger partial charge in [0, 0.05) is 25.7 Å². The third-order valence-corrected chi connectivity index (χ3v) is 3.88. The Labute approximate surface area is 127 Å². The van der Waals surface area contributed by atoms with E-state index in [2.05, 4.69) is 24.3 Å². The normalized spacial score (nSPS) is 14.2. The first kappa shape index (κ1) is 17.7. The highest BCUT2D eigenvalue weighted by molar-refractivity contribution is 5.76. The largest absolute Gasteiger partial charge is 0.388 e. The maximum absolute atomic E-state index is 11.9. The van der Waals surface area contributed by atoms with Crippen LogP contribution >= 0.6 is 0 Å². The molecule has 0 radical (unpaired) electrons.